The van der Waals surface area contributed by atoms with E-state index >= 15 is 0 Å². The van der Waals surface area contributed by atoms with Gasteiger partial charge < -0.3 is 10.1 Å². The number of carbonyl (C=O) groups excluding carboxylic acids is 1. The summed E-state index contributed by atoms with van der Waals surface area (Å²) < 4.78 is 4.77. The highest BCUT2D eigenvalue weighted by Gasteiger charge is 2.32. The molecule has 0 heterocycles. The molecule has 0 bridgehead atoms. The number of rotatable bonds is 4. The van der Waals surface area contributed by atoms with Crippen LogP contribution in [0, 0.1) is 0 Å². The summed E-state index contributed by atoms with van der Waals surface area (Å²) in [5.74, 6) is -0.282. The summed E-state index contributed by atoms with van der Waals surface area (Å²) in [6, 6.07) is 7.26. The Morgan fingerprint density at radius 1 is 1.56 bits per heavy atom. The van der Waals surface area contributed by atoms with E-state index < -0.39 is 5.54 Å². The second kappa shape index (κ2) is 5.21. The first-order chi connectivity index (χ1) is 7.51. The number of esters is 1. The molecule has 0 amide bonds. The predicted octanol–water partition coefficient (Wildman–Crippen LogP) is 3.09. The Kier molecular flexibility index (Phi) is 4.19. The van der Waals surface area contributed by atoms with Crippen LogP contribution in [0.5, 0.6) is 0 Å². The fourth-order valence-corrected chi connectivity index (χ4v) is 1.58. The number of methoxy groups -OCH3 is 1. The first-order valence-electron chi connectivity index (χ1n) is 5.14. The van der Waals surface area contributed by atoms with Crippen molar-refractivity contribution >= 4 is 23.3 Å². The van der Waals surface area contributed by atoms with Crippen LogP contribution in [0.4, 0.5) is 5.69 Å². The molecule has 0 saturated heterocycles. The van der Waals surface area contributed by atoms with Crippen molar-refractivity contribution in [2.45, 2.75) is 25.8 Å². The molecule has 1 rings (SSSR count). The molecule has 16 heavy (non-hydrogen) atoms. The molecule has 1 atom stereocenters. The Labute approximate surface area is 101 Å². The maximum Gasteiger partial charge on any atom is 0.331 e. The molecule has 0 spiro atoms. The minimum Gasteiger partial charge on any atom is -0.467 e. The molecule has 0 radical (unpaired) electrons. The monoisotopic (exact) mass is 241 g/mol. The van der Waals surface area contributed by atoms with Crippen molar-refractivity contribution in [3.8, 4) is 0 Å². The lowest BCUT2D eigenvalue weighted by Gasteiger charge is -2.27. The van der Waals surface area contributed by atoms with E-state index in [-0.39, 0.29) is 5.97 Å². The topological polar surface area (TPSA) is 38.3 Å². The summed E-state index contributed by atoms with van der Waals surface area (Å²) in [7, 11) is 1.38. The van der Waals surface area contributed by atoms with E-state index in [1.54, 1.807) is 19.1 Å². The van der Waals surface area contributed by atoms with Crippen LogP contribution in [0.3, 0.4) is 0 Å². The van der Waals surface area contributed by atoms with Gasteiger partial charge in [-0.2, -0.15) is 0 Å². The molecule has 0 aliphatic heterocycles. The van der Waals surface area contributed by atoms with E-state index in [1.165, 1.54) is 7.11 Å². The third-order valence-electron chi connectivity index (χ3n) is 2.59. The Morgan fingerprint density at radius 3 is 2.75 bits per heavy atom. The fourth-order valence-electron chi connectivity index (χ4n) is 1.39. The summed E-state index contributed by atoms with van der Waals surface area (Å²) in [6.45, 7) is 3.73. The van der Waals surface area contributed by atoms with Crippen molar-refractivity contribution in [1.82, 2.24) is 0 Å². The van der Waals surface area contributed by atoms with Gasteiger partial charge in [-0.25, -0.2) is 4.79 Å². The summed E-state index contributed by atoms with van der Waals surface area (Å²) in [5.41, 5.74) is 0.0849. The van der Waals surface area contributed by atoms with Gasteiger partial charge in [0.1, 0.15) is 5.54 Å². The Morgan fingerprint density at radius 2 is 2.25 bits per heavy atom. The van der Waals surface area contributed by atoms with Gasteiger partial charge in [-0.05, 0) is 31.5 Å². The highest BCUT2D eigenvalue weighted by Crippen LogP contribution is 2.22. The van der Waals surface area contributed by atoms with E-state index in [4.69, 9.17) is 16.3 Å². The van der Waals surface area contributed by atoms with Gasteiger partial charge in [0.05, 0.1) is 7.11 Å². The Bertz CT molecular complexity index is 381. The zero-order valence-electron chi connectivity index (χ0n) is 9.71. The number of carbonyl (C=O) groups is 1. The standard InChI is InChI=1S/C12H16ClNO2/c1-4-12(2,11(15)16-3)14-10-7-5-6-9(13)8-10/h5-8,14H,4H2,1-3H3. The zero-order chi connectivity index (χ0) is 12.2. The molecule has 1 unspecified atom stereocenters. The lowest BCUT2D eigenvalue weighted by Crippen LogP contribution is -2.43. The van der Waals surface area contributed by atoms with Crippen LogP contribution in [0.15, 0.2) is 24.3 Å². The van der Waals surface area contributed by atoms with Crippen LogP contribution < -0.4 is 5.32 Å². The molecule has 4 heteroatoms. The van der Waals surface area contributed by atoms with E-state index in [1.807, 2.05) is 19.1 Å². The van der Waals surface area contributed by atoms with Crippen molar-refractivity contribution in [2.75, 3.05) is 12.4 Å². The van der Waals surface area contributed by atoms with Crippen molar-refractivity contribution in [1.29, 1.82) is 0 Å². The molecule has 0 fully saturated rings. The third kappa shape index (κ3) is 2.89. The molecule has 1 aromatic carbocycles. The quantitative estimate of drug-likeness (QED) is 0.824. The van der Waals surface area contributed by atoms with Crippen LogP contribution in [-0.4, -0.2) is 18.6 Å². The van der Waals surface area contributed by atoms with Crippen molar-refractivity contribution < 1.29 is 9.53 Å². The average Bonchev–Trinajstić information content (AvgIpc) is 2.27. The van der Waals surface area contributed by atoms with Crippen molar-refractivity contribution in [3.63, 3.8) is 0 Å². The van der Waals surface area contributed by atoms with Crippen LogP contribution in [0.25, 0.3) is 0 Å². The second-order valence-electron chi connectivity index (χ2n) is 3.81. The lowest BCUT2D eigenvalue weighted by atomic mass is 9.98. The van der Waals surface area contributed by atoms with Crippen molar-refractivity contribution in [3.05, 3.63) is 29.3 Å². The van der Waals surface area contributed by atoms with Gasteiger partial charge in [-0.1, -0.05) is 24.6 Å². The molecule has 0 aromatic heterocycles. The normalized spacial score (nSPS) is 14.0. The SMILES string of the molecule is CCC(C)(Nc1cccc(Cl)c1)C(=O)OC. The van der Waals surface area contributed by atoms with Gasteiger partial charge >= 0.3 is 5.97 Å². The molecule has 3 nitrogen and oxygen atoms in total. The highest BCUT2D eigenvalue weighted by molar-refractivity contribution is 6.30. The van der Waals surface area contributed by atoms with Crippen molar-refractivity contribution in [2.24, 2.45) is 0 Å². The predicted molar refractivity (Wildman–Crippen MR) is 65.8 cm³/mol. The molecule has 0 saturated carbocycles. The smallest absolute Gasteiger partial charge is 0.331 e. The summed E-state index contributed by atoms with van der Waals surface area (Å²) in [5, 5.41) is 3.77. The average molecular weight is 242 g/mol. The number of hydrogen-bond donors (Lipinski definition) is 1. The largest absolute Gasteiger partial charge is 0.467 e. The first-order valence-corrected chi connectivity index (χ1v) is 5.52. The number of ether oxygens (including phenoxy) is 1. The Hall–Kier alpha value is -1.22. The van der Waals surface area contributed by atoms with E-state index in [9.17, 15) is 4.79 Å². The number of benzene rings is 1. The van der Waals surface area contributed by atoms with E-state index in [0.717, 1.165) is 5.69 Å². The maximum atomic E-state index is 11.6. The number of anilines is 1. The van der Waals surface area contributed by atoms with Gasteiger partial charge in [-0.3, -0.25) is 0 Å². The highest BCUT2D eigenvalue weighted by atomic mass is 35.5. The van der Waals surface area contributed by atoms with E-state index in [2.05, 4.69) is 5.32 Å². The van der Waals surface area contributed by atoms with Gasteiger partial charge in [0, 0.05) is 10.7 Å². The lowest BCUT2D eigenvalue weighted by molar-refractivity contribution is -0.145. The second-order valence-corrected chi connectivity index (χ2v) is 4.25. The maximum absolute atomic E-state index is 11.6. The minimum absolute atomic E-state index is 0.282. The van der Waals surface area contributed by atoms with Gasteiger partial charge in [0.25, 0.3) is 0 Å². The van der Waals surface area contributed by atoms with Gasteiger partial charge in [-0.15, -0.1) is 0 Å². The molecular weight excluding hydrogens is 226 g/mol. The van der Waals surface area contributed by atoms with Crippen LogP contribution in [-0.2, 0) is 9.53 Å². The van der Waals surface area contributed by atoms with Crippen LogP contribution >= 0.6 is 11.6 Å². The van der Waals surface area contributed by atoms with Crippen LogP contribution in [0.2, 0.25) is 5.02 Å². The zero-order valence-corrected chi connectivity index (χ0v) is 10.5. The van der Waals surface area contributed by atoms with Gasteiger partial charge in [0.2, 0.25) is 0 Å². The molecule has 88 valence electrons. The number of hydrogen-bond acceptors (Lipinski definition) is 3. The molecular formula is C12H16ClNO2. The third-order valence-corrected chi connectivity index (χ3v) is 2.82. The minimum atomic E-state index is -0.723. The molecule has 1 aromatic rings. The summed E-state index contributed by atoms with van der Waals surface area (Å²) in [6.07, 6.45) is 0.631. The van der Waals surface area contributed by atoms with E-state index in [0.29, 0.717) is 11.4 Å². The summed E-state index contributed by atoms with van der Waals surface area (Å²) in [4.78, 5) is 11.6. The fraction of sp³-hybridized carbons (Fsp3) is 0.417. The van der Waals surface area contributed by atoms with Crippen LogP contribution in [0.1, 0.15) is 20.3 Å². The van der Waals surface area contributed by atoms with Gasteiger partial charge in [0.15, 0.2) is 0 Å². The molecule has 0 aliphatic carbocycles. The Balaban J connectivity index is 2.89. The number of nitrogens with one attached hydrogen (secondary N) is 1. The molecule has 1 N–H and O–H groups in total. The summed E-state index contributed by atoms with van der Waals surface area (Å²) >= 11 is 5.87. The molecule has 0 aliphatic rings. The first kappa shape index (κ1) is 12.8. The number of halogens is 1.